The first-order valence-electron chi connectivity index (χ1n) is 6.88. The summed E-state index contributed by atoms with van der Waals surface area (Å²) < 4.78 is 14.2. The van der Waals surface area contributed by atoms with Gasteiger partial charge in [-0.15, -0.1) is 11.3 Å². The maximum absolute atomic E-state index is 13.1. The van der Waals surface area contributed by atoms with Gasteiger partial charge in [-0.1, -0.05) is 25.4 Å². The number of hydrogen-bond acceptors (Lipinski definition) is 2. The van der Waals surface area contributed by atoms with Gasteiger partial charge in [0.25, 0.3) is 0 Å². The Balaban J connectivity index is 1.95. The Kier molecular flexibility index (Phi) is 6.01. The zero-order valence-corrected chi connectivity index (χ0v) is 15.4. The second-order valence-corrected chi connectivity index (χ2v) is 8.20. The van der Waals surface area contributed by atoms with Crippen LogP contribution >= 0.6 is 38.9 Å². The van der Waals surface area contributed by atoms with Gasteiger partial charge in [0.1, 0.15) is 5.82 Å². The lowest BCUT2D eigenvalue weighted by molar-refractivity contribution is -0.119. The summed E-state index contributed by atoms with van der Waals surface area (Å²) in [6.45, 7) is 4.00. The van der Waals surface area contributed by atoms with Crippen molar-refractivity contribution in [2.75, 3.05) is 5.32 Å². The number of amides is 1. The molecule has 1 heterocycles. The highest BCUT2D eigenvalue weighted by molar-refractivity contribution is 9.11. The van der Waals surface area contributed by atoms with Crippen molar-refractivity contribution in [1.29, 1.82) is 0 Å². The van der Waals surface area contributed by atoms with Crippen LogP contribution in [-0.4, -0.2) is 5.91 Å². The van der Waals surface area contributed by atoms with Crippen LogP contribution < -0.4 is 5.32 Å². The highest BCUT2D eigenvalue weighted by Crippen LogP contribution is 2.32. The van der Waals surface area contributed by atoms with E-state index in [1.165, 1.54) is 23.1 Å². The number of anilines is 1. The van der Waals surface area contributed by atoms with Crippen LogP contribution in [0.25, 0.3) is 0 Å². The minimum absolute atomic E-state index is 0.00209. The van der Waals surface area contributed by atoms with E-state index in [0.717, 1.165) is 10.2 Å². The van der Waals surface area contributed by atoms with Crippen molar-refractivity contribution < 1.29 is 9.18 Å². The summed E-state index contributed by atoms with van der Waals surface area (Å²) in [7, 11) is 0. The van der Waals surface area contributed by atoms with Crippen LogP contribution in [0.5, 0.6) is 0 Å². The van der Waals surface area contributed by atoms with Crippen LogP contribution in [0.15, 0.2) is 34.1 Å². The van der Waals surface area contributed by atoms with Gasteiger partial charge >= 0.3 is 0 Å². The fourth-order valence-electron chi connectivity index (χ4n) is 2.19. The molecule has 22 heavy (non-hydrogen) atoms. The molecule has 2 aromatic rings. The number of rotatable bonds is 5. The average molecular weight is 405 g/mol. The molecule has 0 aliphatic rings. The van der Waals surface area contributed by atoms with Crippen LogP contribution in [-0.2, 0) is 4.79 Å². The van der Waals surface area contributed by atoms with Gasteiger partial charge in [0.05, 0.1) is 8.81 Å². The van der Waals surface area contributed by atoms with Crippen molar-refractivity contribution in [2.24, 2.45) is 5.92 Å². The van der Waals surface area contributed by atoms with Crippen LogP contribution in [0.3, 0.4) is 0 Å². The molecule has 6 heteroatoms. The molecule has 0 saturated heterocycles. The van der Waals surface area contributed by atoms with E-state index in [2.05, 4.69) is 34.2 Å². The molecule has 1 N–H and O–H groups in total. The zero-order chi connectivity index (χ0) is 16.3. The second-order valence-electron chi connectivity index (χ2n) is 5.30. The number of halogens is 3. The van der Waals surface area contributed by atoms with Crippen molar-refractivity contribution >= 4 is 50.5 Å². The molecule has 118 valence electrons. The molecular formula is C16H16BrClFNOS. The topological polar surface area (TPSA) is 29.1 Å². The Bertz CT molecular complexity index is 676. The summed E-state index contributed by atoms with van der Waals surface area (Å²) in [6.07, 6.45) is 0.744. The largest absolute Gasteiger partial charge is 0.326 e. The Hall–Kier alpha value is -0.910. The highest BCUT2D eigenvalue weighted by atomic mass is 79.9. The highest BCUT2D eigenvalue weighted by Gasteiger charge is 2.19. The van der Waals surface area contributed by atoms with Crippen molar-refractivity contribution in [1.82, 2.24) is 0 Å². The predicted molar refractivity (Wildman–Crippen MR) is 94.3 cm³/mol. The van der Waals surface area contributed by atoms with E-state index in [-0.39, 0.29) is 16.8 Å². The first-order chi connectivity index (χ1) is 10.4. The first-order valence-corrected chi connectivity index (χ1v) is 8.86. The van der Waals surface area contributed by atoms with Crippen molar-refractivity contribution in [3.63, 3.8) is 0 Å². The van der Waals surface area contributed by atoms with Crippen LogP contribution in [0.1, 0.15) is 31.1 Å². The molecule has 0 aliphatic heterocycles. The maximum atomic E-state index is 13.1. The van der Waals surface area contributed by atoms with E-state index in [9.17, 15) is 9.18 Å². The summed E-state index contributed by atoms with van der Waals surface area (Å²) in [5.74, 6) is -0.441. The standard InChI is InChI=1S/C16H16BrClFNOS/c1-9(14-5-6-15(17)22-14)7-10(2)16(21)20-11-3-4-13(19)12(18)8-11/h3-6,8-10H,7H2,1-2H3,(H,20,21). The lowest BCUT2D eigenvalue weighted by Gasteiger charge is -2.16. The molecule has 2 atom stereocenters. The molecule has 0 fully saturated rings. The van der Waals surface area contributed by atoms with E-state index >= 15 is 0 Å². The maximum Gasteiger partial charge on any atom is 0.227 e. The Morgan fingerprint density at radius 3 is 2.68 bits per heavy atom. The molecule has 0 radical (unpaired) electrons. The lowest BCUT2D eigenvalue weighted by Crippen LogP contribution is -2.21. The van der Waals surface area contributed by atoms with Gasteiger partial charge in [0.2, 0.25) is 5.91 Å². The average Bonchev–Trinajstić information content (AvgIpc) is 2.89. The monoisotopic (exact) mass is 403 g/mol. The third-order valence-electron chi connectivity index (χ3n) is 3.42. The molecule has 0 saturated carbocycles. The van der Waals surface area contributed by atoms with Gasteiger partial charge in [0.15, 0.2) is 0 Å². The number of carbonyl (C=O) groups excluding carboxylic acids is 1. The number of nitrogens with one attached hydrogen (secondary N) is 1. The molecule has 1 aromatic heterocycles. The fraction of sp³-hybridized carbons (Fsp3) is 0.312. The second kappa shape index (κ2) is 7.57. The van der Waals surface area contributed by atoms with Crippen LogP contribution in [0.4, 0.5) is 10.1 Å². The minimum atomic E-state index is -0.496. The van der Waals surface area contributed by atoms with E-state index in [1.807, 2.05) is 13.0 Å². The van der Waals surface area contributed by atoms with Gasteiger partial charge in [-0.2, -0.15) is 0 Å². The molecule has 0 spiro atoms. The van der Waals surface area contributed by atoms with Gasteiger partial charge in [-0.25, -0.2) is 4.39 Å². The van der Waals surface area contributed by atoms with E-state index in [0.29, 0.717) is 11.6 Å². The van der Waals surface area contributed by atoms with Gasteiger partial charge in [0, 0.05) is 16.5 Å². The molecule has 0 bridgehead atoms. The molecule has 2 nitrogen and oxygen atoms in total. The number of carbonyl (C=O) groups is 1. The number of hydrogen-bond donors (Lipinski definition) is 1. The number of benzene rings is 1. The third kappa shape index (κ3) is 4.54. The van der Waals surface area contributed by atoms with E-state index in [4.69, 9.17) is 11.6 Å². The Morgan fingerprint density at radius 2 is 2.09 bits per heavy atom. The van der Waals surface area contributed by atoms with E-state index in [1.54, 1.807) is 11.3 Å². The summed E-state index contributed by atoms with van der Waals surface area (Å²) >= 11 is 10.8. The first kappa shape index (κ1) is 17.4. The SMILES string of the molecule is CC(CC(C)c1ccc(Br)s1)C(=O)Nc1ccc(F)c(Cl)c1. The van der Waals surface area contributed by atoms with Crippen LogP contribution in [0, 0.1) is 11.7 Å². The predicted octanol–water partition coefficient (Wildman–Crippen LogP) is 6.07. The number of thiophene rings is 1. The minimum Gasteiger partial charge on any atom is -0.326 e. The molecule has 1 aromatic carbocycles. The third-order valence-corrected chi connectivity index (χ3v) is 5.57. The van der Waals surface area contributed by atoms with Gasteiger partial charge < -0.3 is 5.32 Å². The summed E-state index contributed by atoms with van der Waals surface area (Å²) in [5, 5.41) is 2.78. The smallest absolute Gasteiger partial charge is 0.227 e. The zero-order valence-electron chi connectivity index (χ0n) is 12.2. The fourth-order valence-corrected chi connectivity index (χ4v) is 3.85. The molecule has 2 unspecified atom stereocenters. The van der Waals surface area contributed by atoms with Crippen molar-refractivity contribution in [3.05, 3.63) is 49.8 Å². The van der Waals surface area contributed by atoms with Gasteiger partial charge in [-0.05, 0) is 58.6 Å². The van der Waals surface area contributed by atoms with Crippen LogP contribution in [0.2, 0.25) is 5.02 Å². The molecular weight excluding hydrogens is 389 g/mol. The van der Waals surface area contributed by atoms with Crippen molar-refractivity contribution in [2.45, 2.75) is 26.2 Å². The summed E-state index contributed by atoms with van der Waals surface area (Å²) in [6, 6.07) is 8.26. The quantitative estimate of drug-likeness (QED) is 0.643. The van der Waals surface area contributed by atoms with Gasteiger partial charge in [-0.3, -0.25) is 4.79 Å². The van der Waals surface area contributed by atoms with E-state index < -0.39 is 5.82 Å². The lowest BCUT2D eigenvalue weighted by atomic mass is 9.95. The normalized spacial score (nSPS) is 13.7. The summed E-state index contributed by atoms with van der Waals surface area (Å²) in [5.41, 5.74) is 0.509. The Morgan fingerprint density at radius 1 is 1.36 bits per heavy atom. The summed E-state index contributed by atoms with van der Waals surface area (Å²) in [4.78, 5) is 13.5. The Labute approximate surface area is 146 Å². The molecule has 2 rings (SSSR count). The molecule has 1 amide bonds. The molecule has 0 aliphatic carbocycles. The van der Waals surface area contributed by atoms with Crippen molar-refractivity contribution in [3.8, 4) is 0 Å².